The lowest BCUT2D eigenvalue weighted by molar-refractivity contribution is 0.0734. The smallest absolute Gasteiger partial charge is 0.336 e. The van der Waals surface area contributed by atoms with Crippen molar-refractivity contribution in [3.63, 3.8) is 0 Å². The first-order valence-electron chi connectivity index (χ1n) is 7.31. The van der Waals surface area contributed by atoms with Crippen LogP contribution in [0.15, 0.2) is 33.5 Å². The Morgan fingerprint density at radius 2 is 1.78 bits per heavy atom. The van der Waals surface area contributed by atoms with Crippen LogP contribution in [0.25, 0.3) is 11.0 Å². The van der Waals surface area contributed by atoms with E-state index in [1.165, 1.54) is 12.1 Å². The Balaban J connectivity index is 2.34. The van der Waals surface area contributed by atoms with E-state index < -0.39 is 5.63 Å². The van der Waals surface area contributed by atoms with Crippen LogP contribution in [0.3, 0.4) is 0 Å². The average molecular weight is 340 g/mol. The van der Waals surface area contributed by atoms with Crippen molar-refractivity contribution in [3.05, 3.63) is 45.3 Å². The van der Waals surface area contributed by atoms with Crippen molar-refractivity contribution in [2.24, 2.45) is 0 Å². The van der Waals surface area contributed by atoms with Gasteiger partial charge in [0.25, 0.3) is 5.91 Å². The summed E-state index contributed by atoms with van der Waals surface area (Å²) in [6.07, 6.45) is 0.903. The van der Waals surface area contributed by atoms with Crippen molar-refractivity contribution >= 4 is 28.5 Å². The van der Waals surface area contributed by atoms with Gasteiger partial charge in [-0.15, -0.1) is 0 Å². The van der Waals surface area contributed by atoms with E-state index in [9.17, 15) is 9.59 Å². The zero-order chi connectivity index (χ0) is 16.8. The van der Waals surface area contributed by atoms with Gasteiger partial charge in [0, 0.05) is 43.3 Å². The Morgan fingerprint density at radius 1 is 1.13 bits per heavy atom. The molecule has 0 fully saturated rings. The van der Waals surface area contributed by atoms with Crippen molar-refractivity contribution in [2.75, 3.05) is 26.3 Å². The summed E-state index contributed by atoms with van der Waals surface area (Å²) in [5.41, 5.74) is 0.103. The van der Waals surface area contributed by atoms with Crippen LogP contribution in [0.5, 0.6) is 0 Å². The molecule has 1 heterocycles. The van der Waals surface area contributed by atoms with E-state index in [1.54, 1.807) is 17.0 Å². The highest BCUT2D eigenvalue weighted by molar-refractivity contribution is 6.35. The molecule has 0 unspecified atom stereocenters. The summed E-state index contributed by atoms with van der Waals surface area (Å²) < 4.78 is 5.04. The second-order valence-corrected chi connectivity index (χ2v) is 5.48. The molecule has 6 nitrogen and oxygen atoms in total. The molecule has 7 heteroatoms. The fourth-order valence-electron chi connectivity index (χ4n) is 2.28. The molecular weight excluding hydrogens is 322 g/mol. The van der Waals surface area contributed by atoms with Crippen molar-refractivity contribution in [3.8, 4) is 0 Å². The van der Waals surface area contributed by atoms with Gasteiger partial charge in [0.05, 0.1) is 5.02 Å². The number of hydrogen-bond donors (Lipinski definition) is 2. The number of amides is 1. The van der Waals surface area contributed by atoms with Gasteiger partial charge in [-0.05, 0) is 31.0 Å². The Labute approximate surface area is 137 Å². The lowest BCUT2D eigenvalue weighted by Gasteiger charge is -2.22. The van der Waals surface area contributed by atoms with Crippen molar-refractivity contribution < 1.29 is 19.4 Å². The zero-order valence-electron chi connectivity index (χ0n) is 12.5. The fraction of sp³-hybridized carbons (Fsp3) is 0.375. The second kappa shape index (κ2) is 8.10. The molecule has 0 aliphatic carbocycles. The van der Waals surface area contributed by atoms with Crippen molar-refractivity contribution in [1.82, 2.24) is 4.90 Å². The number of rotatable bonds is 7. The summed E-state index contributed by atoms with van der Waals surface area (Å²) in [5, 5.41) is 18.7. The fourth-order valence-corrected chi connectivity index (χ4v) is 2.55. The van der Waals surface area contributed by atoms with E-state index in [4.69, 9.17) is 26.2 Å². The van der Waals surface area contributed by atoms with Gasteiger partial charge in [-0.1, -0.05) is 11.6 Å². The van der Waals surface area contributed by atoms with Gasteiger partial charge < -0.3 is 19.5 Å². The number of nitrogens with zero attached hydrogens (tertiary/aromatic N) is 1. The number of benzene rings is 1. The number of carbonyl (C=O) groups is 1. The first kappa shape index (κ1) is 17.5. The molecule has 124 valence electrons. The topological polar surface area (TPSA) is 91.0 Å². The van der Waals surface area contributed by atoms with E-state index in [0.717, 1.165) is 0 Å². The number of aliphatic hydroxyl groups excluding tert-OH is 2. The molecule has 23 heavy (non-hydrogen) atoms. The van der Waals surface area contributed by atoms with E-state index in [-0.39, 0.29) is 29.7 Å². The molecule has 2 N–H and O–H groups in total. The van der Waals surface area contributed by atoms with E-state index in [0.29, 0.717) is 36.9 Å². The third-order valence-corrected chi connectivity index (χ3v) is 3.66. The van der Waals surface area contributed by atoms with Crippen LogP contribution in [-0.4, -0.2) is 47.3 Å². The monoisotopic (exact) mass is 339 g/mol. The maximum atomic E-state index is 12.6. The standard InChI is InChI=1S/C16H18ClNO5/c17-13-10-12(9-11-3-4-14(21)23-15(11)13)16(22)18(5-1-7-19)6-2-8-20/h3-4,9-10,19-20H,1-2,5-8H2. The predicted molar refractivity (Wildman–Crippen MR) is 86.8 cm³/mol. The lowest BCUT2D eigenvalue weighted by Crippen LogP contribution is -2.33. The molecule has 0 aliphatic rings. The molecule has 0 saturated carbocycles. The minimum absolute atomic E-state index is 0.0213. The van der Waals surface area contributed by atoms with Crippen molar-refractivity contribution in [1.29, 1.82) is 0 Å². The van der Waals surface area contributed by atoms with E-state index in [1.807, 2.05) is 0 Å². The Hall–Kier alpha value is -1.89. The third-order valence-electron chi connectivity index (χ3n) is 3.38. The highest BCUT2D eigenvalue weighted by Gasteiger charge is 2.17. The quantitative estimate of drug-likeness (QED) is 0.748. The molecule has 0 saturated heterocycles. The summed E-state index contributed by atoms with van der Waals surface area (Å²) in [6.45, 7) is 0.725. The summed E-state index contributed by atoms with van der Waals surface area (Å²) in [6, 6.07) is 5.88. The average Bonchev–Trinajstić information content (AvgIpc) is 2.55. The molecule has 0 radical (unpaired) electrons. The Bertz CT molecular complexity index is 735. The molecule has 0 spiro atoms. The minimum Gasteiger partial charge on any atom is -0.421 e. The van der Waals surface area contributed by atoms with Gasteiger partial charge in [-0.25, -0.2) is 4.79 Å². The Morgan fingerprint density at radius 3 is 2.39 bits per heavy atom. The highest BCUT2D eigenvalue weighted by Crippen LogP contribution is 2.25. The zero-order valence-corrected chi connectivity index (χ0v) is 13.3. The molecule has 1 amide bonds. The lowest BCUT2D eigenvalue weighted by atomic mass is 10.1. The highest BCUT2D eigenvalue weighted by atomic mass is 35.5. The van der Waals surface area contributed by atoms with Gasteiger partial charge in [0.15, 0.2) is 5.58 Å². The molecule has 0 bridgehead atoms. The molecule has 1 aromatic carbocycles. The molecular formula is C16H18ClNO5. The number of fused-ring (bicyclic) bond motifs is 1. The number of hydrogen-bond acceptors (Lipinski definition) is 5. The van der Waals surface area contributed by atoms with Gasteiger partial charge in [0.1, 0.15) is 0 Å². The minimum atomic E-state index is -0.508. The summed E-state index contributed by atoms with van der Waals surface area (Å²) in [7, 11) is 0. The van der Waals surface area contributed by atoms with Crippen LogP contribution in [0, 0.1) is 0 Å². The molecule has 2 rings (SSSR count). The first-order valence-corrected chi connectivity index (χ1v) is 7.69. The predicted octanol–water partition coefficient (Wildman–Crippen LogP) is 1.65. The van der Waals surface area contributed by atoms with Gasteiger partial charge in [0.2, 0.25) is 0 Å². The summed E-state index contributed by atoms with van der Waals surface area (Å²) in [5.74, 6) is -0.248. The first-order chi connectivity index (χ1) is 11.1. The van der Waals surface area contributed by atoms with Crippen LogP contribution in [0.4, 0.5) is 0 Å². The number of carbonyl (C=O) groups excluding carboxylic acids is 1. The van der Waals surface area contributed by atoms with Crippen LogP contribution in [-0.2, 0) is 0 Å². The largest absolute Gasteiger partial charge is 0.421 e. The normalized spacial score (nSPS) is 10.9. The van der Waals surface area contributed by atoms with Crippen molar-refractivity contribution in [2.45, 2.75) is 12.8 Å². The molecule has 2 aromatic rings. The van der Waals surface area contributed by atoms with Crippen LogP contribution >= 0.6 is 11.6 Å². The SMILES string of the molecule is O=C(c1cc(Cl)c2oc(=O)ccc2c1)N(CCCO)CCCO. The number of aliphatic hydroxyl groups is 2. The summed E-state index contributed by atoms with van der Waals surface area (Å²) in [4.78, 5) is 25.4. The van der Waals surface area contributed by atoms with Gasteiger partial charge >= 0.3 is 5.63 Å². The maximum Gasteiger partial charge on any atom is 0.336 e. The Kier molecular flexibility index (Phi) is 6.15. The van der Waals surface area contributed by atoms with Crippen LogP contribution in [0.1, 0.15) is 23.2 Å². The van der Waals surface area contributed by atoms with E-state index in [2.05, 4.69) is 0 Å². The van der Waals surface area contributed by atoms with Gasteiger partial charge in [-0.2, -0.15) is 0 Å². The summed E-state index contributed by atoms with van der Waals surface area (Å²) >= 11 is 6.11. The number of halogens is 1. The third kappa shape index (κ3) is 4.31. The molecule has 0 atom stereocenters. The van der Waals surface area contributed by atoms with Crippen LogP contribution in [0.2, 0.25) is 5.02 Å². The second-order valence-electron chi connectivity index (χ2n) is 5.08. The van der Waals surface area contributed by atoms with Crippen LogP contribution < -0.4 is 5.63 Å². The van der Waals surface area contributed by atoms with Gasteiger partial charge in [-0.3, -0.25) is 4.79 Å². The van der Waals surface area contributed by atoms with E-state index >= 15 is 0 Å². The maximum absolute atomic E-state index is 12.6. The molecule has 0 aliphatic heterocycles. The molecule has 1 aromatic heterocycles.